The van der Waals surface area contributed by atoms with E-state index in [-0.39, 0.29) is 11.8 Å². The van der Waals surface area contributed by atoms with Crippen LogP contribution < -0.4 is 5.43 Å². The summed E-state index contributed by atoms with van der Waals surface area (Å²) < 4.78 is 0. The predicted molar refractivity (Wildman–Crippen MR) is 121 cm³/mol. The number of aromatic hydroxyl groups is 1. The number of hydrazone groups is 1. The van der Waals surface area contributed by atoms with E-state index in [0.717, 1.165) is 32.8 Å². The maximum Gasteiger partial charge on any atom is 0.115 e. The fourth-order valence-corrected chi connectivity index (χ4v) is 3.89. The van der Waals surface area contributed by atoms with Gasteiger partial charge in [-0.05, 0) is 52.8 Å². The Morgan fingerprint density at radius 2 is 1.41 bits per heavy atom. The van der Waals surface area contributed by atoms with Gasteiger partial charge in [-0.25, -0.2) is 0 Å². The highest BCUT2D eigenvalue weighted by atomic mass is 32.1. The molecule has 0 fully saturated rings. The van der Waals surface area contributed by atoms with Crippen molar-refractivity contribution in [3.63, 3.8) is 0 Å². The van der Waals surface area contributed by atoms with Crippen LogP contribution in [-0.4, -0.2) is 10.8 Å². The lowest BCUT2D eigenvalue weighted by molar-refractivity contribution is 0.475. The van der Waals surface area contributed by atoms with Crippen molar-refractivity contribution in [2.75, 3.05) is 0 Å². The standard InChI is InChI=1S/C25H22N2OS/c1-18(24-8-5-17-29-24)26-27-25(21-6-3-2-4-7-21)22-11-9-19(10-12-22)20-13-15-23(28)16-14-20/h2-17,25,27-28H,1H3/b26-18-. The van der Waals surface area contributed by atoms with E-state index in [1.54, 1.807) is 23.5 Å². The van der Waals surface area contributed by atoms with Crippen LogP contribution in [0.25, 0.3) is 11.1 Å². The molecule has 144 valence electrons. The van der Waals surface area contributed by atoms with Gasteiger partial charge in [0, 0.05) is 4.88 Å². The van der Waals surface area contributed by atoms with Crippen molar-refractivity contribution in [2.24, 2.45) is 5.10 Å². The normalized spacial score (nSPS) is 12.5. The van der Waals surface area contributed by atoms with Crippen molar-refractivity contribution < 1.29 is 5.11 Å². The van der Waals surface area contributed by atoms with Crippen molar-refractivity contribution in [3.05, 3.63) is 112 Å². The third-order valence-electron chi connectivity index (χ3n) is 4.82. The average Bonchev–Trinajstić information content (AvgIpc) is 3.31. The van der Waals surface area contributed by atoms with Gasteiger partial charge < -0.3 is 5.11 Å². The molecule has 29 heavy (non-hydrogen) atoms. The average molecular weight is 399 g/mol. The van der Waals surface area contributed by atoms with Gasteiger partial charge in [0.2, 0.25) is 0 Å². The molecule has 4 aromatic rings. The maximum atomic E-state index is 9.50. The molecule has 0 saturated carbocycles. The number of hydrogen-bond acceptors (Lipinski definition) is 4. The molecule has 0 aliphatic rings. The summed E-state index contributed by atoms with van der Waals surface area (Å²) in [6.07, 6.45) is 0. The number of phenolic OH excluding ortho intramolecular Hbond substituents is 1. The molecule has 1 heterocycles. The molecule has 3 aromatic carbocycles. The van der Waals surface area contributed by atoms with E-state index < -0.39 is 0 Å². The minimum Gasteiger partial charge on any atom is -0.508 e. The van der Waals surface area contributed by atoms with Crippen LogP contribution >= 0.6 is 11.3 Å². The molecule has 4 heteroatoms. The fraction of sp³-hybridized carbons (Fsp3) is 0.0800. The van der Waals surface area contributed by atoms with E-state index in [1.807, 2.05) is 43.3 Å². The Hall–Kier alpha value is -3.37. The Balaban J connectivity index is 1.62. The fourth-order valence-electron chi connectivity index (χ4n) is 3.21. The molecule has 0 bridgehead atoms. The monoisotopic (exact) mass is 398 g/mol. The van der Waals surface area contributed by atoms with Gasteiger partial charge in [0.05, 0.1) is 11.8 Å². The van der Waals surface area contributed by atoms with Crippen LogP contribution in [0.4, 0.5) is 0 Å². The molecular weight excluding hydrogens is 376 g/mol. The maximum absolute atomic E-state index is 9.50. The summed E-state index contributed by atoms with van der Waals surface area (Å²) in [5, 5.41) is 16.2. The topological polar surface area (TPSA) is 44.6 Å². The SMILES string of the molecule is C/C(=N/NC(c1ccccc1)c1ccc(-c2ccc(O)cc2)cc1)c1cccs1. The number of phenols is 1. The Morgan fingerprint density at radius 1 is 0.793 bits per heavy atom. The molecule has 0 saturated heterocycles. The summed E-state index contributed by atoms with van der Waals surface area (Å²) in [5.74, 6) is 0.276. The number of nitrogens with zero attached hydrogens (tertiary/aromatic N) is 1. The van der Waals surface area contributed by atoms with Gasteiger partial charge in [0.15, 0.2) is 0 Å². The zero-order valence-electron chi connectivity index (χ0n) is 16.1. The molecule has 0 aliphatic carbocycles. The number of nitrogens with one attached hydrogen (secondary N) is 1. The van der Waals surface area contributed by atoms with Crippen LogP contribution in [-0.2, 0) is 0 Å². The molecule has 1 unspecified atom stereocenters. The molecule has 3 nitrogen and oxygen atoms in total. The van der Waals surface area contributed by atoms with E-state index in [1.165, 1.54) is 0 Å². The molecule has 1 aromatic heterocycles. The third kappa shape index (κ3) is 4.55. The first kappa shape index (κ1) is 19.0. The summed E-state index contributed by atoms with van der Waals surface area (Å²) in [6.45, 7) is 2.02. The Labute approximate surface area is 175 Å². The van der Waals surface area contributed by atoms with Gasteiger partial charge in [-0.2, -0.15) is 5.10 Å². The molecule has 1 atom stereocenters. The first-order valence-electron chi connectivity index (χ1n) is 9.49. The molecule has 0 radical (unpaired) electrons. The largest absolute Gasteiger partial charge is 0.508 e. The van der Waals surface area contributed by atoms with E-state index in [4.69, 9.17) is 0 Å². The smallest absolute Gasteiger partial charge is 0.115 e. The van der Waals surface area contributed by atoms with E-state index in [9.17, 15) is 5.11 Å². The quantitative estimate of drug-likeness (QED) is 0.299. The molecule has 2 N–H and O–H groups in total. The number of benzene rings is 3. The Morgan fingerprint density at radius 3 is 2.03 bits per heavy atom. The van der Waals surface area contributed by atoms with Crippen LogP contribution in [0.5, 0.6) is 5.75 Å². The highest BCUT2D eigenvalue weighted by molar-refractivity contribution is 7.12. The summed E-state index contributed by atoms with van der Waals surface area (Å²) in [6, 6.07) is 30.1. The van der Waals surface area contributed by atoms with Gasteiger partial charge in [0.25, 0.3) is 0 Å². The molecule has 4 rings (SSSR count). The lowest BCUT2D eigenvalue weighted by Gasteiger charge is -2.19. The minimum absolute atomic E-state index is 0.0417. The molecule has 0 aliphatic heterocycles. The number of thiophene rings is 1. The van der Waals surface area contributed by atoms with E-state index >= 15 is 0 Å². The highest BCUT2D eigenvalue weighted by Gasteiger charge is 2.14. The van der Waals surface area contributed by atoms with Crippen molar-refractivity contribution in [1.82, 2.24) is 5.43 Å². The minimum atomic E-state index is -0.0417. The lowest BCUT2D eigenvalue weighted by Crippen LogP contribution is -2.18. The van der Waals surface area contributed by atoms with Crippen molar-refractivity contribution >= 4 is 17.0 Å². The Bertz CT molecular complexity index is 1070. The second-order valence-electron chi connectivity index (χ2n) is 6.82. The van der Waals surface area contributed by atoms with Crippen molar-refractivity contribution in [1.29, 1.82) is 0 Å². The second-order valence-corrected chi connectivity index (χ2v) is 7.76. The van der Waals surface area contributed by atoms with Gasteiger partial charge in [-0.3, -0.25) is 5.43 Å². The third-order valence-corrected chi connectivity index (χ3v) is 5.80. The van der Waals surface area contributed by atoms with Crippen molar-refractivity contribution in [3.8, 4) is 16.9 Å². The van der Waals surface area contributed by atoms with Gasteiger partial charge >= 0.3 is 0 Å². The van der Waals surface area contributed by atoms with Gasteiger partial charge in [-0.1, -0.05) is 72.8 Å². The first-order chi connectivity index (χ1) is 14.2. The first-order valence-corrected chi connectivity index (χ1v) is 10.4. The highest BCUT2D eigenvalue weighted by Crippen LogP contribution is 2.27. The van der Waals surface area contributed by atoms with Crippen LogP contribution in [0.3, 0.4) is 0 Å². The van der Waals surface area contributed by atoms with E-state index in [2.05, 4.69) is 58.4 Å². The summed E-state index contributed by atoms with van der Waals surface area (Å²) in [5.41, 5.74) is 8.83. The number of hydrogen-bond donors (Lipinski definition) is 2. The summed E-state index contributed by atoms with van der Waals surface area (Å²) in [4.78, 5) is 1.16. The summed E-state index contributed by atoms with van der Waals surface area (Å²) >= 11 is 1.69. The molecule has 0 spiro atoms. The van der Waals surface area contributed by atoms with Crippen molar-refractivity contribution in [2.45, 2.75) is 13.0 Å². The predicted octanol–water partition coefficient (Wildman–Crippen LogP) is 6.22. The molecule has 0 amide bonds. The van der Waals surface area contributed by atoms with Gasteiger partial charge in [-0.15, -0.1) is 11.3 Å². The second kappa shape index (κ2) is 8.76. The Kier molecular flexibility index (Phi) is 5.73. The van der Waals surface area contributed by atoms with Crippen LogP contribution in [0.2, 0.25) is 0 Å². The molecular formula is C25H22N2OS. The van der Waals surface area contributed by atoms with Crippen LogP contribution in [0, 0.1) is 0 Å². The van der Waals surface area contributed by atoms with Crippen LogP contribution in [0.1, 0.15) is 29.0 Å². The zero-order chi connectivity index (χ0) is 20.1. The zero-order valence-corrected chi connectivity index (χ0v) is 16.9. The van der Waals surface area contributed by atoms with Gasteiger partial charge in [0.1, 0.15) is 5.75 Å². The number of rotatable bonds is 6. The lowest BCUT2D eigenvalue weighted by atomic mass is 9.96. The van der Waals surface area contributed by atoms with E-state index in [0.29, 0.717) is 0 Å². The van der Waals surface area contributed by atoms with Crippen LogP contribution in [0.15, 0.2) is 101 Å². The summed E-state index contributed by atoms with van der Waals surface area (Å²) in [7, 11) is 0.